The van der Waals surface area contributed by atoms with Crippen LogP contribution >= 0.6 is 11.3 Å². The molecule has 0 aliphatic heterocycles. The molecular weight excluding hydrogens is 289 g/mol. The summed E-state index contributed by atoms with van der Waals surface area (Å²) in [5.41, 5.74) is 1.01. The van der Waals surface area contributed by atoms with Crippen molar-refractivity contribution in [3.05, 3.63) is 52.5 Å². The van der Waals surface area contributed by atoms with E-state index in [-0.39, 0.29) is 25.0 Å². The summed E-state index contributed by atoms with van der Waals surface area (Å²) in [6.45, 7) is 6.78. The molecule has 0 amide bonds. The summed E-state index contributed by atoms with van der Waals surface area (Å²) in [5.74, 6) is 0. The third-order valence-electron chi connectivity index (χ3n) is 4.00. The standard InChI is InChI=1S/C16H22NOSSi.Li/c1-4-20(5-2,6-3)18-16(15-11-9-13-19-15)14-10-7-8-12-17-14;/h7-8,10-13,16H,4-6H2,1-3H3;/q-1;+1. The molecule has 2 rings (SSSR count). The Balaban J connectivity index is 0.00000220. The SMILES string of the molecule is CC[Si](CC)(CC)OC(c1ccccn1)c1c[c-]cs1.[Li+]. The Hall–Kier alpha value is -0.376. The predicted octanol–water partition coefficient (Wildman–Crippen LogP) is 2.06. The van der Waals surface area contributed by atoms with Gasteiger partial charge in [0.2, 0.25) is 0 Å². The minimum absolute atomic E-state index is 0. The molecule has 2 aromatic heterocycles. The zero-order valence-electron chi connectivity index (χ0n) is 13.4. The Bertz CT molecular complexity index is 494. The van der Waals surface area contributed by atoms with Gasteiger partial charge in [-0.05, 0) is 30.3 Å². The van der Waals surface area contributed by atoms with Crippen molar-refractivity contribution >= 4 is 19.7 Å². The first-order valence-corrected chi connectivity index (χ1v) is 10.7. The number of nitrogens with zero attached hydrogens (tertiary/aromatic N) is 1. The maximum absolute atomic E-state index is 6.68. The van der Waals surface area contributed by atoms with Crippen LogP contribution in [0.15, 0.2) is 35.8 Å². The van der Waals surface area contributed by atoms with Gasteiger partial charge < -0.3 is 4.43 Å². The molecule has 2 heterocycles. The number of rotatable bonds is 7. The molecule has 2 nitrogen and oxygen atoms in total. The van der Waals surface area contributed by atoms with Crippen molar-refractivity contribution in [3.63, 3.8) is 0 Å². The van der Waals surface area contributed by atoms with Gasteiger partial charge in [0.05, 0.1) is 11.8 Å². The zero-order valence-corrected chi connectivity index (χ0v) is 15.2. The molecule has 5 heteroatoms. The smallest absolute Gasteiger partial charge is 0.420 e. The maximum Gasteiger partial charge on any atom is 1.00 e. The van der Waals surface area contributed by atoms with Crippen molar-refractivity contribution in [2.24, 2.45) is 0 Å². The average molecular weight is 311 g/mol. The fourth-order valence-electron chi connectivity index (χ4n) is 2.43. The van der Waals surface area contributed by atoms with E-state index in [4.69, 9.17) is 4.43 Å². The van der Waals surface area contributed by atoms with E-state index in [9.17, 15) is 0 Å². The molecule has 0 bridgehead atoms. The van der Waals surface area contributed by atoms with Gasteiger partial charge >= 0.3 is 18.9 Å². The van der Waals surface area contributed by atoms with Crippen molar-refractivity contribution < 1.29 is 23.3 Å². The molecule has 0 spiro atoms. The van der Waals surface area contributed by atoms with Gasteiger partial charge in [0.25, 0.3) is 0 Å². The van der Waals surface area contributed by atoms with Gasteiger partial charge in [0, 0.05) is 6.20 Å². The Morgan fingerprint density at radius 3 is 2.43 bits per heavy atom. The number of pyridine rings is 1. The second-order valence-corrected chi connectivity index (χ2v) is 10.6. The summed E-state index contributed by atoms with van der Waals surface area (Å²) in [4.78, 5) is 5.72. The van der Waals surface area contributed by atoms with Crippen LogP contribution < -0.4 is 18.9 Å². The fraction of sp³-hybridized carbons (Fsp3) is 0.438. The van der Waals surface area contributed by atoms with Crippen LogP contribution in [0.1, 0.15) is 37.4 Å². The summed E-state index contributed by atoms with van der Waals surface area (Å²) in [6.07, 6.45) is 1.81. The van der Waals surface area contributed by atoms with Gasteiger partial charge in [-0.1, -0.05) is 26.8 Å². The quantitative estimate of drug-likeness (QED) is 0.577. The van der Waals surface area contributed by atoms with Gasteiger partial charge in [0.15, 0.2) is 8.32 Å². The summed E-state index contributed by atoms with van der Waals surface area (Å²) in [5, 5.41) is 1.99. The van der Waals surface area contributed by atoms with Crippen LogP contribution in [-0.4, -0.2) is 13.3 Å². The van der Waals surface area contributed by atoms with E-state index in [1.54, 1.807) is 11.3 Å². The molecule has 0 saturated heterocycles. The second-order valence-electron chi connectivity index (χ2n) is 4.95. The first kappa shape index (κ1) is 18.7. The maximum atomic E-state index is 6.68. The Labute approximate surface area is 145 Å². The van der Waals surface area contributed by atoms with Crippen LogP contribution in [0.2, 0.25) is 18.1 Å². The van der Waals surface area contributed by atoms with Crippen molar-refractivity contribution in [3.8, 4) is 0 Å². The van der Waals surface area contributed by atoms with Gasteiger partial charge in [-0.15, -0.1) is 10.3 Å². The topological polar surface area (TPSA) is 22.1 Å². The summed E-state index contributed by atoms with van der Waals surface area (Å²) >= 11 is 1.70. The van der Waals surface area contributed by atoms with Gasteiger partial charge in [-0.3, -0.25) is 16.3 Å². The van der Waals surface area contributed by atoms with Gasteiger partial charge in [0.1, 0.15) is 0 Å². The average Bonchev–Trinajstić information content (AvgIpc) is 3.04. The van der Waals surface area contributed by atoms with E-state index >= 15 is 0 Å². The van der Waals surface area contributed by atoms with E-state index in [1.807, 2.05) is 29.8 Å². The van der Waals surface area contributed by atoms with Crippen molar-refractivity contribution in [2.45, 2.75) is 45.0 Å². The van der Waals surface area contributed by atoms with Gasteiger partial charge in [-0.2, -0.15) is 0 Å². The number of hydrogen-bond acceptors (Lipinski definition) is 3. The minimum Gasteiger partial charge on any atom is -0.420 e. The molecule has 0 aliphatic carbocycles. The van der Waals surface area contributed by atoms with E-state index < -0.39 is 8.32 Å². The predicted molar refractivity (Wildman–Crippen MR) is 87.5 cm³/mol. The molecule has 21 heavy (non-hydrogen) atoms. The Morgan fingerprint density at radius 1 is 1.24 bits per heavy atom. The van der Waals surface area contributed by atoms with E-state index in [0.717, 1.165) is 23.8 Å². The first-order chi connectivity index (χ1) is 9.74. The van der Waals surface area contributed by atoms with E-state index in [1.165, 1.54) is 4.88 Å². The molecule has 0 radical (unpaired) electrons. The molecule has 0 aromatic carbocycles. The van der Waals surface area contributed by atoms with Crippen LogP contribution in [0, 0.1) is 6.07 Å². The van der Waals surface area contributed by atoms with E-state index in [2.05, 4.69) is 37.9 Å². The summed E-state index contributed by atoms with van der Waals surface area (Å²) < 4.78 is 6.68. The number of aromatic nitrogens is 1. The number of thiophene rings is 1. The number of hydrogen-bond donors (Lipinski definition) is 0. The monoisotopic (exact) mass is 311 g/mol. The Kier molecular flexibility index (Phi) is 7.93. The van der Waals surface area contributed by atoms with Crippen LogP contribution in [0.5, 0.6) is 0 Å². The van der Waals surface area contributed by atoms with Crippen LogP contribution in [0.25, 0.3) is 0 Å². The molecule has 0 aliphatic rings. The molecule has 1 unspecified atom stereocenters. The zero-order chi connectivity index (χ0) is 14.4. The van der Waals surface area contributed by atoms with Crippen LogP contribution in [-0.2, 0) is 4.43 Å². The Morgan fingerprint density at radius 2 is 1.95 bits per heavy atom. The third-order valence-corrected chi connectivity index (χ3v) is 9.46. The van der Waals surface area contributed by atoms with Crippen LogP contribution in [0.4, 0.5) is 0 Å². The minimum atomic E-state index is -1.67. The normalized spacial score (nSPS) is 12.7. The van der Waals surface area contributed by atoms with Crippen molar-refractivity contribution in [1.29, 1.82) is 0 Å². The second kappa shape index (κ2) is 8.92. The molecule has 0 saturated carbocycles. The summed E-state index contributed by atoms with van der Waals surface area (Å²) in [6, 6.07) is 14.7. The van der Waals surface area contributed by atoms with Gasteiger partial charge in [-0.25, -0.2) is 12.1 Å². The molecule has 2 aromatic rings. The molecule has 0 N–H and O–H groups in total. The third kappa shape index (κ3) is 4.54. The van der Waals surface area contributed by atoms with Crippen molar-refractivity contribution in [2.75, 3.05) is 0 Å². The molecule has 1 atom stereocenters. The fourth-order valence-corrected chi connectivity index (χ4v) is 5.97. The van der Waals surface area contributed by atoms with Crippen LogP contribution in [0.3, 0.4) is 0 Å². The molecule has 108 valence electrons. The van der Waals surface area contributed by atoms with Crippen molar-refractivity contribution in [1.82, 2.24) is 4.98 Å². The molecular formula is C16H22LiNOSSi. The molecule has 0 fully saturated rings. The first-order valence-electron chi connectivity index (χ1n) is 7.28. The van der Waals surface area contributed by atoms with E-state index in [0.29, 0.717) is 0 Å². The summed E-state index contributed by atoms with van der Waals surface area (Å²) in [7, 11) is -1.67. The largest absolute Gasteiger partial charge is 1.00 e.